The largest absolute Gasteiger partial charge is 0.354 e. The Morgan fingerprint density at radius 2 is 2.11 bits per heavy atom. The fraction of sp³-hybridized carbons (Fsp3) is 0.400. The summed E-state index contributed by atoms with van der Waals surface area (Å²) in [5, 5.41) is 2.95. The average Bonchev–Trinajstić information content (AvgIpc) is 2.46. The summed E-state index contributed by atoms with van der Waals surface area (Å²) in [6.07, 6.45) is 7.72. The Hall–Kier alpha value is -1.61. The number of carbonyl (C=O) groups is 1. The van der Waals surface area contributed by atoms with Crippen molar-refractivity contribution in [3.63, 3.8) is 0 Å². The topological polar surface area (TPSA) is 55.1 Å². The quantitative estimate of drug-likeness (QED) is 0.797. The number of nitrogens with two attached hydrogens (primary N) is 1. The van der Waals surface area contributed by atoms with Crippen LogP contribution in [0.5, 0.6) is 0 Å². The Balaban J connectivity index is 1.82. The number of carbonyl (C=O) groups excluding carboxylic acids is 1. The molecule has 0 aliphatic heterocycles. The number of hydrogen-bond donors (Lipinski definition) is 2. The highest BCUT2D eigenvalue weighted by Gasteiger charge is 2.17. The first-order valence-electron chi connectivity index (χ1n) is 6.50. The van der Waals surface area contributed by atoms with Crippen LogP contribution >= 0.6 is 0 Å². The summed E-state index contributed by atoms with van der Waals surface area (Å²) in [4.78, 5) is 11.9. The third kappa shape index (κ3) is 3.44. The van der Waals surface area contributed by atoms with E-state index in [0.29, 0.717) is 5.92 Å². The molecule has 1 unspecified atom stereocenters. The van der Waals surface area contributed by atoms with Gasteiger partial charge in [0, 0.05) is 6.54 Å². The van der Waals surface area contributed by atoms with Crippen molar-refractivity contribution in [2.24, 2.45) is 11.7 Å². The first-order valence-corrected chi connectivity index (χ1v) is 6.50. The molecule has 1 amide bonds. The molecule has 0 fully saturated rings. The van der Waals surface area contributed by atoms with Crippen molar-refractivity contribution in [3.05, 3.63) is 48.0 Å². The van der Waals surface area contributed by atoms with Crippen molar-refractivity contribution in [2.75, 3.05) is 6.54 Å². The fourth-order valence-corrected chi connectivity index (χ4v) is 2.21. The van der Waals surface area contributed by atoms with Gasteiger partial charge in [0.15, 0.2) is 0 Å². The van der Waals surface area contributed by atoms with Crippen molar-refractivity contribution >= 4 is 5.91 Å². The van der Waals surface area contributed by atoms with Crippen molar-refractivity contribution in [2.45, 2.75) is 25.3 Å². The van der Waals surface area contributed by atoms with Crippen LogP contribution in [0.25, 0.3) is 0 Å². The molecule has 0 spiro atoms. The molecule has 0 bridgehead atoms. The molecular formula is C15H20N2O. The highest BCUT2D eigenvalue weighted by atomic mass is 16.2. The zero-order valence-electron chi connectivity index (χ0n) is 10.5. The summed E-state index contributed by atoms with van der Waals surface area (Å²) in [6.45, 7) is 0.726. The summed E-state index contributed by atoms with van der Waals surface area (Å²) in [7, 11) is 0. The lowest BCUT2D eigenvalue weighted by Gasteiger charge is -2.19. The Morgan fingerprint density at radius 3 is 2.78 bits per heavy atom. The monoisotopic (exact) mass is 244 g/mol. The molecule has 2 atom stereocenters. The van der Waals surface area contributed by atoms with Crippen LogP contribution in [-0.2, 0) is 4.79 Å². The Morgan fingerprint density at radius 1 is 1.33 bits per heavy atom. The van der Waals surface area contributed by atoms with Gasteiger partial charge < -0.3 is 11.1 Å². The molecule has 1 aliphatic carbocycles. The molecule has 0 saturated heterocycles. The van der Waals surface area contributed by atoms with E-state index in [-0.39, 0.29) is 5.91 Å². The minimum absolute atomic E-state index is 0.0873. The summed E-state index contributed by atoms with van der Waals surface area (Å²) in [5.41, 5.74) is 6.79. The second-order valence-corrected chi connectivity index (χ2v) is 4.78. The molecule has 3 N–H and O–H groups in total. The third-order valence-electron chi connectivity index (χ3n) is 3.38. The molecule has 1 aliphatic rings. The first-order chi connectivity index (χ1) is 8.77. The summed E-state index contributed by atoms with van der Waals surface area (Å²) in [5.74, 6) is 0.470. The number of rotatable bonds is 4. The van der Waals surface area contributed by atoms with Gasteiger partial charge in [-0.05, 0) is 30.7 Å². The van der Waals surface area contributed by atoms with Crippen molar-refractivity contribution in [1.82, 2.24) is 5.32 Å². The van der Waals surface area contributed by atoms with E-state index in [1.165, 1.54) is 0 Å². The summed E-state index contributed by atoms with van der Waals surface area (Å²) < 4.78 is 0. The van der Waals surface area contributed by atoms with E-state index >= 15 is 0 Å². The molecule has 3 heteroatoms. The smallest absolute Gasteiger partial charge is 0.241 e. The lowest BCUT2D eigenvalue weighted by Crippen LogP contribution is -2.37. The Kier molecular flexibility index (Phi) is 4.53. The van der Waals surface area contributed by atoms with E-state index in [1.807, 2.05) is 30.3 Å². The van der Waals surface area contributed by atoms with Crippen molar-refractivity contribution < 1.29 is 4.79 Å². The molecule has 3 nitrogen and oxygen atoms in total. The molecule has 0 radical (unpaired) electrons. The van der Waals surface area contributed by atoms with Gasteiger partial charge in [0.05, 0.1) is 0 Å². The Bertz CT molecular complexity index is 414. The number of allylic oxidation sites excluding steroid dienone is 2. The van der Waals surface area contributed by atoms with Gasteiger partial charge in [0.25, 0.3) is 0 Å². The minimum Gasteiger partial charge on any atom is -0.354 e. The predicted molar refractivity (Wildman–Crippen MR) is 72.9 cm³/mol. The van der Waals surface area contributed by atoms with Gasteiger partial charge in [-0.15, -0.1) is 0 Å². The second-order valence-electron chi connectivity index (χ2n) is 4.78. The molecule has 0 heterocycles. The molecule has 1 aromatic carbocycles. The summed E-state index contributed by atoms with van der Waals surface area (Å²) in [6, 6.07) is 8.91. The second kappa shape index (κ2) is 6.36. The zero-order chi connectivity index (χ0) is 12.8. The molecule has 18 heavy (non-hydrogen) atoms. The first kappa shape index (κ1) is 12.8. The number of nitrogens with one attached hydrogen (secondary N) is 1. The normalized spacial score (nSPS) is 20.4. The van der Waals surface area contributed by atoms with Crippen LogP contribution in [-0.4, -0.2) is 12.5 Å². The lowest BCUT2D eigenvalue weighted by atomic mass is 9.94. The van der Waals surface area contributed by atoms with Crippen LogP contribution < -0.4 is 11.1 Å². The number of benzene rings is 1. The van der Waals surface area contributed by atoms with E-state index in [2.05, 4.69) is 17.5 Å². The third-order valence-corrected chi connectivity index (χ3v) is 3.38. The maximum absolute atomic E-state index is 11.9. The number of hydrogen-bond acceptors (Lipinski definition) is 2. The average molecular weight is 244 g/mol. The van der Waals surface area contributed by atoms with Gasteiger partial charge in [0.1, 0.15) is 6.04 Å². The van der Waals surface area contributed by atoms with Gasteiger partial charge in [-0.2, -0.15) is 0 Å². The predicted octanol–water partition coefficient (Wildman–Crippen LogP) is 2.16. The van der Waals surface area contributed by atoms with Crippen LogP contribution in [0.4, 0.5) is 0 Å². The van der Waals surface area contributed by atoms with E-state index in [0.717, 1.165) is 31.4 Å². The highest BCUT2D eigenvalue weighted by Crippen LogP contribution is 2.17. The molecule has 0 saturated carbocycles. The Labute approximate surface area is 108 Å². The highest BCUT2D eigenvalue weighted by molar-refractivity contribution is 5.82. The maximum atomic E-state index is 11.9. The van der Waals surface area contributed by atoms with Gasteiger partial charge in [0.2, 0.25) is 5.91 Å². The molecule has 0 aromatic heterocycles. The van der Waals surface area contributed by atoms with E-state index in [9.17, 15) is 4.79 Å². The van der Waals surface area contributed by atoms with Gasteiger partial charge in [-0.25, -0.2) is 0 Å². The summed E-state index contributed by atoms with van der Waals surface area (Å²) >= 11 is 0. The standard InChI is InChI=1S/C15H20N2O/c16-14(13-9-5-2-6-10-13)15(18)17-11-12-7-3-1-4-8-12/h1-3,5-6,9-10,12,14H,4,7-8,11,16H2,(H,17,18)/t12?,14-/m1/s1. The van der Waals surface area contributed by atoms with Crippen molar-refractivity contribution in [1.29, 1.82) is 0 Å². The lowest BCUT2D eigenvalue weighted by molar-refractivity contribution is -0.122. The van der Waals surface area contributed by atoms with E-state index < -0.39 is 6.04 Å². The zero-order valence-corrected chi connectivity index (χ0v) is 10.5. The van der Waals surface area contributed by atoms with Crippen LogP contribution in [0.15, 0.2) is 42.5 Å². The molecule has 2 rings (SSSR count). The molecule has 96 valence electrons. The van der Waals surface area contributed by atoms with Crippen LogP contribution in [0.1, 0.15) is 30.9 Å². The molecular weight excluding hydrogens is 224 g/mol. The van der Waals surface area contributed by atoms with Crippen LogP contribution in [0, 0.1) is 5.92 Å². The fourth-order valence-electron chi connectivity index (χ4n) is 2.21. The van der Waals surface area contributed by atoms with Gasteiger partial charge in [-0.1, -0.05) is 42.5 Å². The van der Waals surface area contributed by atoms with E-state index in [4.69, 9.17) is 5.73 Å². The van der Waals surface area contributed by atoms with Crippen LogP contribution in [0.2, 0.25) is 0 Å². The van der Waals surface area contributed by atoms with Crippen molar-refractivity contribution in [3.8, 4) is 0 Å². The maximum Gasteiger partial charge on any atom is 0.241 e. The molecule has 1 aromatic rings. The van der Waals surface area contributed by atoms with E-state index in [1.54, 1.807) is 0 Å². The van der Waals surface area contributed by atoms with Crippen LogP contribution in [0.3, 0.4) is 0 Å². The number of amides is 1. The minimum atomic E-state index is -0.565. The van der Waals surface area contributed by atoms with Gasteiger partial charge in [-0.3, -0.25) is 4.79 Å². The van der Waals surface area contributed by atoms with Gasteiger partial charge >= 0.3 is 0 Å². The SMILES string of the molecule is N[C@@H](C(=O)NCC1CC=CCC1)c1ccccc1.